The van der Waals surface area contributed by atoms with Gasteiger partial charge >= 0.3 is 0 Å². The van der Waals surface area contributed by atoms with Crippen molar-refractivity contribution in [3.05, 3.63) is 60.7 Å². The summed E-state index contributed by atoms with van der Waals surface area (Å²) in [6, 6.07) is 20.7. The van der Waals surface area contributed by atoms with E-state index in [4.69, 9.17) is 0 Å². The summed E-state index contributed by atoms with van der Waals surface area (Å²) in [6.45, 7) is 0. The molecule has 64 valence electrons. The van der Waals surface area contributed by atoms with Gasteiger partial charge in [0.1, 0.15) is 11.4 Å². The molecule has 0 spiro atoms. The summed E-state index contributed by atoms with van der Waals surface area (Å²) in [5.74, 6) is 0. The van der Waals surface area contributed by atoms with E-state index in [1.54, 1.807) is 0 Å². The first-order valence-electron chi connectivity index (χ1n) is 4.40. The third kappa shape index (κ3) is 2.17. The maximum atomic E-state index is 2.17. The Kier molecular flexibility index (Phi) is 2.39. The lowest BCUT2D eigenvalue weighted by Gasteiger charge is -1.98. The summed E-state index contributed by atoms with van der Waals surface area (Å²) in [7, 11) is 0. The Bertz CT molecular complexity index is 316. The molecule has 0 heterocycles. The number of hydrogen-bond donors (Lipinski definition) is 1. The lowest BCUT2D eigenvalue weighted by atomic mass is 10.3. The van der Waals surface area contributed by atoms with Crippen LogP contribution < -0.4 is 5.32 Å². The van der Waals surface area contributed by atoms with Gasteiger partial charge in [-0.15, -0.1) is 0 Å². The van der Waals surface area contributed by atoms with Crippen molar-refractivity contribution in [1.29, 1.82) is 0 Å². The summed E-state index contributed by atoms with van der Waals surface area (Å²) in [6.07, 6.45) is 0. The van der Waals surface area contributed by atoms with E-state index in [2.05, 4.69) is 53.8 Å². The van der Waals surface area contributed by atoms with Crippen molar-refractivity contribution in [2.75, 3.05) is 0 Å². The highest BCUT2D eigenvalue weighted by atomic mass is 14.9. The molecule has 2 N–H and O–H groups in total. The molecule has 2 aromatic carbocycles. The third-order valence-corrected chi connectivity index (χ3v) is 1.93. The van der Waals surface area contributed by atoms with E-state index in [-0.39, 0.29) is 0 Å². The fraction of sp³-hybridized carbons (Fsp3) is 0. The SMILES string of the molecule is c1ccc([NH2+]c2ccccc2)cc1. The van der Waals surface area contributed by atoms with E-state index >= 15 is 0 Å². The molecule has 0 bridgehead atoms. The zero-order valence-electron chi connectivity index (χ0n) is 7.35. The monoisotopic (exact) mass is 170 g/mol. The van der Waals surface area contributed by atoms with Gasteiger partial charge in [-0.3, -0.25) is 5.32 Å². The average molecular weight is 170 g/mol. The molecule has 0 radical (unpaired) electrons. The van der Waals surface area contributed by atoms with E-state index < -0.39 is 0 Å². The average Bonchev–Trinajstić information content (AvgIpc) is 2.21. The van der Waals surface area contributed by atoms with Crippen LogP contribution in [0, 0.1) is 0 Å². The van der Waals surface area contributed by atoms with Gasteiger partial charge in [-0.25, -0.2) is 0 Å². The lowest BCUT2D eigenvalue weighted by Crippen LogP contribution is -2.70. The van der Waals surface area contributed by atoms with Crippen LogP contribution in [0.1, 0.15) is 0 Å². The van der Waals surface area contributed by atoms with Gasteiger partial charge in [0.25, 0.3) is 0 Å². The highest BCUT2D eigenvalue weighted by molar-refractivity contribution is 5.35. The molecule has 0 amide bonds. The van der Waals surface area contributed by atoms with Gasteiger partial charge in [0.15, 0.2) is 0 Å². The Labute approximate surface area is 78.0 Å². The zero-order valence-corrected chi connectivity index (χ0v) is 7.35. The van der Waals surface area contributed by atoms with Crippen LogP contribution in [0.15, 0.2) is 60.7 Å². The normalized spacial score (nSPS) is 9.85. The van der Waals surface area contributed by atoms with Crippen LogP contribution in [0.5, 0.6) is 0 Å². The van der Waals surface area contributed by atoms with Crippen molar-refractivity contribution in [3.63, 3.8) is 0 Å². The highest BCUT2D eigenvalue weighted by Gasteiger charge is 1.96. The minimum Gasteiger partial charge on any atom is -0.282 e. The molecule has 0 aliphatic carbocycles. The Morgan fingerprint density at radius 3 is 1.31 bits per heavy atom. The number of nitrogens with two attached hydrogens (primary N) is 1. The van der Waals surface area contributed by atoms with Gasteiger partial charge < -0.3 is 0 Å². The Balaban J connectivity index is 2.16. The topological polar surface area (TPSA) is 16.6 Å². The van der Waals surface area contributed by atoms with Gasteiger partial charge in [0, 0.05) is 0 Å². The molecule has 0 saturated heterocycles. The van der Waals surface area contributed by atoms with Gasteiger partial charge in [-0.05, 0) is 24.3 Å². The van der Waals surface area contributed by atoms with Crippen molar-refractivity contribution < 1.29 is 5.32 Å². The van der Waals surface area contributed by atoms with Crippen molar-refractivity contribution in [3.8, 4) is 0 Å². The molecule has 1 heteroatoms. The Hall–Kier alpha value is -1.60. The van der Waals surface area contributed by atoms with Gasteiger partial charge in [0.2, 0.25) is 0 Å². The van der Waals surface area contributed by atoms with E-state index in [0.717, 1.165) is 0 Å². The van der Waals surface area contributed by atoms with E-state index in [9.17, 15) is 0 Å². The summed E-state index contributed by atoms with van der Waals surface area (Å²) >= 11 is 0. The number of quaternary nitrogens is 1. The summed E-state index contributed by atoms with van der Waals surface area (Å²) in [5.41, 5.74) is 2.49. The predicted molar refractivity (Wildman–Crippen MR) is 54.1 cm³/mol. The number of benzene rings is 2. The standard InChI is InChI=1S/C12H11N/c1-3-7-11(8-4-1)13-12-9-5-2-6-10-12/h1-10,13H/p+1. The molecular formula is C12H12N+. The fourth-order valence-corrected chi connectivity index (χ4v) is 1.29. The molecule has 0 aliphatic rings. The summed E-state index contributed by atoms with van der Waals surface area (Å²) in [4.78, 5) is 0. The van der Waals surface area contributed by atoms with Crippen molar-refractivity contribution in [1.82, 2.24) is 0 Å². The first-order valence-corrected chi connectivity index (χ1v) is 4.40. The molecule has 0 aromatic heterocycles. The molecule has 0 saturated carbocycles. The first kappa shape index (κ1) is 8.02. The van der Waals surface area contributed by atoms with Crippen LogP contribution in [0.3, 0.4) is 0 Å². The van der Waals surface area contributed by atoms with E-state index in [1.807, 2.05) is 12.1 Å². The van der Waals surface area contributed by atoms with Gasteiger partial charge in [-0.2, -0.15) is 0 Å². The van der Waals surface area contributed by atoms with Crippen LogP contribution in [0.2, 0.25) is 0 Å². The molecule has 0 atom stereocenters. The number of para-hydroxylation sites is 2. The molecule has 0 fully saturated rings. The maximum absolute atomic E-state index is 2.17. The predicted octanol–water partition coefficient (Wildman–Crippen LogP) is 2.21. The number of rotatable bonds is 2. The van der Waals surface area contributed by atoms with Crippen molar-refractivity contribution in [2.24, 2.45) is 0 Å². The van der Waals surface area contributed by atoms with Crippen LogP contribution >= 0.6 is 0 Å². The van der Waals surface area contributed by atoms with Crippen LogP contribution in [-0.2, 0) is 0 Å². The zero-order chi connectivity index (χ0) is 8.93. The Morgan fingerprint density at radius 2 is 0.923 bits per heavy atom. The molecular weight excluding hydrogens is 158 g/mol. The van der Waals surface area contributed by atoms with Gasteiger partial charge in [-0.1, -0.05) is 36.4 Å². The molecule has 13 heavy (non-hydrogen) atoms. The van der Waals surface area contributed by atoms with Crippen molar-refractivity contribution >= 4 is 11.4 Å². The maximum Gasteiger partial charge on any atom is 0.134 e. The second-order valence-electron chi connectivity index (χ2n) is 2.97. The van der Waals surface area contributed by atoms with Crippen LogP contribution in [-0.4, -0.2) is 0 Å². The van der Waals surface area contributed by atoms with Gasteiger partial charge in [0.05, 0.1) is 0 Å². The first-order chi connectivity index (χ1) is 6.45. The number of hydrogen-bond acceptors (Lipinski definition) is 0. The Morgan fingerprint density at radius 1 is 0.538 bits per heavy atom. The summed E-state index contributed by atoms with van der Waals surface area (Å²) in [5, 5.41) is 2.17. The molecule has 2 rings (SSSR count). The largest absolute Gasteiger partial charge is 0.282 e. The lowest BCUT2D eigenvalue weighted by molar-refractivity contribution is -0.478. The quantitative estimate of drug-likeness (QED) is 0.665. The van der Waals surface area contributed by atoms with Crippen molar-refractivity contribution in [2.45, 2.75) is 0 Å². The van der Waals surface area contributed by atoms with Crippen LogP contribution in [0.4, 0.5) is 11.4 Å². The minimum absolute atomic E-state index is 1.24. The molecule has 0 aliphatic heterocycles. The second kappa shape index (κ2) is 3.87. The third-order valence-electron chi connectivity index (χ3n) is 1.93. The fourth-order valence-electron chi connectivity index (χ4n) is 1.29. The molecule has 1 nitrogen and oxygen atoms in total. The molecule has 0 unspecified atom stereocenters. The summed E-state index contributed by atoms with van der Waals surface area (Å²) < 4.78 is 0. The van der Waals surface area contributed by atoms with Crippen LogP contribution in [0.25, 0.3) is 0 Å². The smallest absolute Gasteiger partial charge is 0.134 e. The minimum atomic E-state index is 1.24. The second-order valence-corrected chi connectivity index (χ2v) is 2.97. The highest BCUT2D eigenvalue weighted by Crippen LogP contribution is 2.02. The van der Waals surface area contributed by atoms with E-state index in [0.29, 0.717) is 0 Å². The molecule has 2 aromatic rings. The van der Waals surface area contributed by atoms with E-state index in [1.165, 1.54) is 11.4 Å².